The van der Waals surface area contributed by atoms with Gasteiger partial charge in [0, 0.05) is 0 Å². The zero-order valence-corrected chi connectivity index (χ0v) is 6.65. The molecule has 2 nitrogen and oxygen atoms in total. The lowest BCUT2D eigenvalue weighted by Crippen LogP contribution is -2.33. The molecule has 0 radical (unpaired) electrons. The quantitative estimate of drug-likeness (QED) is 0.704. The van der Waals surface area contributed by atoms with Crippen LogP contribution >= 0.6 is 0 Å². The second-order valence-corrected chi connectivity index (χ2v) is 2.73. The summed E-state index contributed by atoms with van der Waals surface area (Å²) >= 11 is 0. The van der Waals surface area contributed by atoms with E-state index in [4.69, 9.17) is 10.8 Å². The van der Waals surface area contributed by atoms with Crippen LogP contribution in [0.15, 0.2) is 30.3 Å². The molecule has 0 saturated carbocycles. The van der Waals surface area contributed by atoms with E-state index in [1.807, 2.05) is 30.3 Å². The second-order valence-electron chi connectivity index (χ2n) is 2.73. The number of aliphatic hydroxyl groups excluding tert-OH is 1. The average molecular weight is 169 g/mol. The minimum atomic E-state index is -1.94. The van der Waals surface area contributed by atoms with Crippen molar-refractivity contribution in [2.45, 2.75) is 18.8 Å². The molecule has 3 heteroatoms. The summed E-state index contributed by atoms with van der Waals surface area (Å²) in [7, 11) is 0. The molecule has 0 amide bonds. The fourth-order valence-electron chi connectivity index (χ4n) is 0.984. The third-order valence-corrected chi connectivity index (χ3v) is 1.67. The van der Waals surface area contributed by atoms with Gasteiger partial charge >= 0.3 is 0 Å². The third-order valence-electron chi connectivity index (χ3n) is 1.67. The van der Waals surface area contributed by atoms with Gasteiger partial charge in [-0.05, 0) is 12.0 Å². The van der Waals surface area contributed by atoms with Crippen LogP contribution in [0.25, 0.3) is 0 Å². The Morgan fingerprint density at radius 1 is 1.33 bits per heavy atom. The van der Waals surface area contributed by atoms with Gasteiger partial charge in [-0.2, -0.15) is 0 Å². The van der Waals surface area contributed by atoms with Crippen LogP contribution in [0, 0.1) is 0 Å². The molecule has 0 aliphatic heterocycles. The van der Waals surface area contributed by atoms with Crippen molar-refractivity contribution in [1.82, 2.24) is 0 Å². The summed E-state index contributed by atoms with van der Waals surface area (Å²) < 4.78 is 12.2. The molecule has 0 fully saturated rings. The SMILES string of the molecule is N[C@@H](Cc1ccccc1)C(O)F. The molecular weight excluding hydrogens is 157 g/mol. The van der Waals surface area contributed by atoms with Gasteiger partial charge in [0.05, 0.1) is 6.04 Å². The number of alkyl halides is 1. The normalized spacial score (nSPS) is 15.6. The van der Waals surface area contributed by atoms with Crippen molar-refractivity contribution in [3.63, 3.8) is 0 Å². The van der Waals surface area contributed by atoms with E-state index in [1.54, 1.807) is 0 Å². The van der Waals surface area contributed by atoms with Gasteiger partial charge in [-0.1, -0.05) is 30.3 Å². The Morgan fingerprint density at radius 3 is 2.42 bits per heavy atom. The maximum Gasteiger partial charge on any atom is 0.211 e. The molecule has 66 valence electrons. The van der Waals surface area contributed by atoms with E-state index >= 15 is 0 Å². The Morgan fingerprint density at radius 2 is 1.92 bits per heavy atom. The van der Waals surface area contributed by atoms with Gasteiger partial charge in [0.2, 0.25) is 6.36 Å². The summed E-state index contributed by atoms with van der Waals surface area (Å²) in [5.74, 6) is 0. The lowest BCUT2D eigenvalue weighted by Gasteiger charge is -2.10. The van der Waals surface area contributed by atoms with Gasteiger partial charge in [-0.15, -0.1) is 0 Å². The zero-order chi connectivity index (χ0) is 8.97. The molecule has 1 unspecified atom stereocenters. The molecule has 0 bridgehead atoms. The fourth-order valence-corrected chi connectivity index (χ4v) is 0.984. The number of halogens is 1. The van der Waals surface area contributed by atoms with Gasteiger partial charge < -0.3 is 10.8 Å². The molecule has 0 heterocycles. The molecular formula is C9H12FNO. The standard InChI is InChI=1S/C9H12FNO/c10-9(12)8(11)6-7-4-2-1-3-5-7/h1-5,8-9,12H,6,11H2/t8-,9?/m0/s1. The van der Waals surface area contributed by atoms with E-state index in [1.165, 1.54) is 0 Å². The highest BCUT2D eigenvalue weighted by molar-refractivity contribution is 5.15. The van der Waals surface area contributed by atoms with Crippen LogP contribution in [0.2, 0.25) is 0 Å². The molecule has 1 rings (SSSR count). The number of benzene rings is 1. The molecule has 3 N–H and O–H groups in total. The molecule has 0 spiro atoms. The van der Waals surface area contributed by atoms with Crippen LogP contribution in [0.3, 0.4) is 0 Å². The molecule has 2 atom stereocenters. The number of hydrogen-bond acceptors (Lipinski definition) is 2. The third kappa shape index (κ3) is 2.60. The van der Waals surface area contributed by atoms with Crippen LogP contribution in [-0.2, 0) is 6.42 Å². The van der Waals surface area contributed by atoms with Crippen LogP contribution in [0.5, 0.6) is 0 Å². The van der Waals surface area contributed by atoms with Crippen molar-refractivity contribution in [2.24, 2.45) is 5.73 Å². The molecule has 12 heavy (non-hydrogen) atoms. The van der Waals surface area contributed by atoms with Crippen LogP contribution in [-0.4, -0.2) is 17.5 Å². The van der Waals surface area contributed by atoms with Gasteiger partial charge in [0.1, 0.15) is 0 Å². The number of hydrogen-bond donors (Lipinski definition) is 2. The number of rotatable bonds is 3. The average Bonchev–Trinajstić information content (AvgIpc) is 2.06. The first-order valence-electron chi connectivity index (χ1n) is 3.82. The highest BCUT2D eigenvalue weighted by Crippen LogP contribution is 2.04. The summed E-state index contributed by atoms with van der Waals surface area (Å²) in [6, 6.07) is 8.46. The lowest BCUT2D eigenvalue weighted by atomic mass is 10.1. The molecule has 0 aromatic heterocycles. The van der Waals surface area contributed by atoms with Gasteiger partial charge in [0.25, 0.3) is 0 Å². The first-order chi connectivity index (χ1) is 5.70. The van der Waals surface area contributed by atoms with E-state index in [0.717, 1.165) is 5.56 Å². The highest BCUT2D eigenvalue weighted by Gasteiger charge is 2.12. The Hall–Kier alpha value is -0.930. The Balaban J connectivity index is 2.53. The predicted octanol–water partition coefficient (Wildman–Crippen LogP) is 0.844. The van der Waals surface area contributed by atoms with Crippen LogP contribution in [0.4, 0.5) is 4.39 Å². The maximum atomic E-state index is 12.2. The predicted molar refractivity (Wildman–Crippen MR) is 45.2 cm³/mol. The maximum absolute atomic E-state index is 12.2. The monoisotopic (exact) mass is 169 g/mol. The van der Waals surface area contributed by atoms with Crippen molar-refractivity contribution in [3.05, 3.63) is 35.9 Å². The minimum Gasteiger partial charge on any atom is -0.363 e. The van der Waals surface area contributed by atoms with Crippen molar-refractivity contribution < 1.29 is 9.50 Å². The topological polar surface area (TPSA) is 46.2 Å². The van der Waals surface area contributed by atoms with Crippen molar-refractivity contribution >= 4 is 0 Å². The minimum absolute atomic E-state index is 0.360. The van der Waals surface area contributed by atoms with Gasteiger partial charge in [-0.25, -0.2) is 4.39 Å². The Labute approximate surface area is 70.8 Å². The first-order valence-corrected chi connectivity index (χ1v) is 3.82. The fraction of sp³-hybridized carbons (Fsp3) is 0.333. The highest BCUT2D eigenvalue weighted by atomic mass is 19.1. The van der Waals surface area contributed by atoms with E-state index < -0.39 is 12.4 Å². The summed E-state index contributed by atoms with van der Waals surface area (Å²) in [6.07, 6.45) is -1.58. The Kier molecular flexibility index (Phi) is 3.19. The molecule has 0 aliphatic carbocycles. The number of aliphatic hydroxyl groups is 1. The van der Waals surface area contributed by atoms with Crippen molar-refractivity contribution in [2.75, 3.05) is 0 Å². The smallest absolute Gasteiger partial charge is 0.211 e. The zero-order valence-electron chi connectivity index (χ0n) is 6.65. The van der Waals surface area contributed by atoms with Gasteiger partial charge in [-0.3, -0.25) is 0 Å². The van der Waals surface area contributed by atoms with Crippen molar-refractivity contribution in [1.29, 1.82) is 0 Å². The molecule has 1 aromatic carbocycles. The van der Waals surface area contributed by atoms with E-state index in [-0.39, 0.29) is 0 Å². The van der Waals surface area contributed by atoms with E-state index in [9.17, 15) is 4.39 Å². The second kappa shape index (κ2) is 4.18. The van der Waals surface area contributed by atoms with Crippen molar-refractivity contribution in [3.8, 4) is 0 Å². The summed E-state index contributed by atoms with van der Waals surface area (Å²) in [5, 5.41) is 8.49. The largest absolute Gasteiger partial charge is 0.363 e. The van der Waals surface area contributed by atoms with Crippen LogP contribution < -0.4 is 5.73 Å². The Bertz CT molecular complexity index is 225. The summed E-state index contributed by atoms with van der Waals surface area (Å²) in [4.78, 5) is 0. The number of nitrogens with two attached hydrogens (primary N) is 1. The van der Waals surface area contributed by atoms with E-state index in [0.29, 0.717) is 6.42 Å². The summed E-state index contributed by atoms with van der Waals surface area (Å²) in [5.41, 5.74) is 6.26. The summed E-state index contributed by atoms with van der Waals surface area (Å²) in [6.45, 7) is 0. The van der Waals surface area contributed by atoms with Gasteiger partial charge in [0.15, 0.2) is 0 Å². The van der Waals surface area contributed by atoms with E-state index in [2.05, 4.69) is 0 Å². The molecule has 0 aliphatic rings. The lowest BCUT2D eigenvalue weighted by molar-refractivity contribution is 0.0188. The molecule has 1 aromatic rings. The molecule has 0 saturated heterocycles. The first kappa shape index (κ1) is 9.16. The van der Waals surface area contributed by atoms with Crippen LogP contribution in [0.1, 0.15) is 5.56 Å².